The maximum absolute atomic E-state index is 15.7. The van der Waals surface area contributed by atoms with Gasteiger partial charge in [0.1, 0.15) is 35.7 Å². The van der Waals surface area contributed by atoms with Gasteiger partial charge in [0.25, 0.3) is 0 Å². The first-order valence-electron chi connectivity index (χ1n) is 13.0. The molecule has 12 heteroatoms. The second-order valence-electron chi connectivity index (χ2n) is 10.4. The molecule has 1 fully saturated rings. The average molecular weight is 579 g/mol. The van der Waals surface area contributed by atoms with Gasteiger partial charge in [-0.05, 0) is 63.1 Å². The molecule has 0 aliphatic carbocycles. The first kappa shape index (κ1) is 28.3. The number of amides is 1. The zero-order valence-electron chi connectivity index (χ0n) is 23.1. The molecule has 0 N–H and O–H groups in total. The Labute approximate surface area is 235 Å². The lowest BCUT2D eigenvalue weighted by Gasteiger charge is -2.40. The van der Waals surface area contributed by atoms with Crippen LogP contribution in [0.5, 0.6) is 0 Å². The van der Waals surface area contributed by atoms with Gasteiger partial charge in [0.2, 0.25) is 5.91 Å². The molecule has 1 aliphatic rings. The standard InChI is InChI=1S/C29H29F2N6O3P/c1-6-23(38)35-13-14-36(18(3)16-35)26-20-15-22(31)24(19-9-7-8-10-21(19)30)33-27(20)37(29(39)34-26)25-17(2)11-12-32-28(25)41(4,5)40/h6-12,15,18H,1,13-14,16H2,2-5H3/t18-/m0/s1. The van der Waals surface area contributed by atoms with Crippen LogP contribution >= 0.6 is 7.14 Å². The van der Waals surface area contributed by atoms with E-state index in [0.717, 1.165) is 0 Å². The second-order valence-corrected chi connectivity index (χ2v) is 13.5. The molecule has 4 aromatic rings. The van der Waals surface area contributed by atoms with Crippen LogP contribution in [-0.4, -0.2) is 69.3 Å². The predicted molar refractivity (Wildman–Crippen MR) is 156 cm³/mol. The van der Waals surface area contributed by atoms with Crippen molar-refractivity contribution in [3.05, 3.63) is 82.9 Å². The summed E-state index contributed by atoms with van der Waals surface area (Å²) in [6.07, 6.45) is 2.75. The normalized spacial score (nSPS) is 15.8. The van der Waals surface area contributed by atoms with E-state index < -0.39 is 24.5 Å². The van der Waals surface area contributed by atoms with Crippen LogP contribution in [0.15, 0.2) is 60.0 Å². The highest BCUT2D eigenvalue weighted by Gasteiger charge is 2.31. The fraction of sp³-hybridized carbons (Fsp3) is 0.276. The van der Waals surface area contributed by atoms with Crippen molar-refractivity contribution in [2.45, 2.75) is 19.9 Å². The molecule has 0 spiro atoms. The first-order valence-corrected chi connectivity index (χ1v) is 15.6. The number of fused-ring (bicyclic) bond motifs is 1. The molecule has 41 heavy (non-hydrogen) atoms. The molecule has 1 aromatic carbocycles. The molecular weight excluding hydrogens is 549 g/mol. The average Bonchev–Trinajstić information content (AvgIpc) is 2.92. The third-order valence-corrected chi connectivity index (χ3v) is 8.50. The number of piperazine rings is 1. The van der Waals surface area contributed by atoms with E-state index in [-0.39, 0.29) is 51.2 Å². The lowest BCUT2D eigenvalue weighted by atomic mass is 10.1. The van der Waals surface area contributed by atoms with Crippen molar-refractivity contribution < 1.29 is 18.1 Å². The number of nitrogens with zero attached hydrogens (tertiary/aromatic N) is 6. The third-order valence-electron chi connectivity index (χ3n) is 7.16. The maximum atomic E-state index is 15.7. The fourth-order valence-electron chi connectivity index (χ4n) is 5.18. The Morgan fingerprint density at radius 3 is 2.51 bits per heavy atom. The number of aryl methyl sites for hydroxylation is 1. The zero-order valence-corrected chi connectivity index (χ0v) is 24.0. The lowest BCUT2D eigenvalue weighted by molar-refractivity contribution is -0.126. The molecule has 4 heterocycles. The summed E-state index contributed by atoms with van der Waals surface area (Å²) >= 11 is 0. The first-order chi connectivity index (χ1) is 19.4. The summed E-state index contributed by atoms with van der Waals surface area (Å²) in [5.41, 5.74) is -0.0678. The predicted octanol–water partition coefficient (Wildman–Crippen LogP) is 3.90. The van der Waals surface area contributed by atoms with E-state index in [1.54, 1.807) is 24.0 Å². The number of rotatable bonds is 5. The van der Waals surface area contributed by atoms with Crippen LogP contribution in [0, 0.1) is 18.6 Å². The molecular formula is C29H29F2N6O3P. The molecule has 1 saturated heterocycles. The van der Waals surface area contributed by atoms with Crippen molar-refractivity contribution in [1.82, 2.24) is 24.4 Å². The Bertz CT molecular complexity index is 1820. The van der Waals surface area contributed by atoms with Crippen LogP contribution in [0.3, 0.4) is 0 Å². The lowest BCUT2D eigenvalue weighted by Crippen LogP contribution is -2.54. The van der Waals surface area contributed by atoms with Gasteiger partial charge in [0.05, 0.1) is 11.1 Å². The molecule has 0 unspecified atom stereocenters. The second kappa shape index (κ2) is 10.6. The molecule has 1 amide bonds. The minimum atomic E-state index is -3.02. The smallest absolute Gasteiger partial charge is 0.350 e. The largest absolute Gasteiger partial charge is 0.355 e. The van der Waals surface area contributed by atoms with Crippen molar-refractivity contribution >= 4 is 35.3 Å². The third kappa shape index (κ3) is 5.06. The summed E-state index contributed by atoms with van der Waals surface area (Å²) in [6, 6.07) is 8.23. The Morgan fingerprint density at radius 1 is 1.12 bits per heavy atom. The monoisotopic (exact) mass is 578 g/mol. The number of anilines is 1. The number of benzene rings is 1. The Hall–Kier alpha value is -4.24. The molecule has 0 bridgehead atoms. The van der Waals surface area contributed by atoms with Crippen LogP contribution in [0.2, 0.25) is 0 Å². The van der Waals surface area contributed by atoms with E-state index in [9.17, 15) is 18.5 Å². The fourth-order valence-corrected chi connectivity index (χ4v) is 6.31. The summed E-state index contributed by atoms with van der Waals surface area (Å²) in [5.74, 6) is -1.51. The summed E-state index contributed by atoms with van der Waals surface area (Å²) in [7, 11) is -3.02. The Morgan fingerprint density at radius 2 is 1.85 bits per heavy atom. The van der Waals surface area contributed by atoms with Crippen molar-refractivity contribution in [3.8, 4) is 16.9 Å². The number of carbonyl (C=O) groups excluding carboxylic acids is 1. The van der Waals surface area contributed by atoms with Gasteiger partial charge in [0.15, 0.2) is 5.65 Å². The van der Waals surface area contributed by atoms with Gasteiger partial charge in [-0.15, -0.1) is 0 Å². The van der Waals surface area contributed by atoms with Crippen LogP contribution in [0.4, 0.5) is 14.6 Å². The molecule has 0 saturated carbocycles. The van der Waals surface area contributed by atoms with E-state index >= 15 is 4.39 Å². The van der Waals surface area contributed by atoms with E-state index in [1.165, 1.54) is 54.4 Å². The number of aromatic nitrogens is 4. The van der Waals surface area contributed by atoms with Gasteiger partial charge in [0, 0.05) is 37.4 Å². The molecule has 212 valence electrons. The number of hydrogen-bond acceptors (Lipinski definition) is 7. The van der Waals surface area contributed by atoms with Crippen molar-refractivity contribution in [3.63, 3.8) is 0 Å². The van der Waals surface area contributed by atoms with Crippen LogP contribution in [-0.2, 0) is 9.36 Å². The van der Waals surface area contributed by atoms with E-state index in [2.05, 4.69) is 21.5 Å². The maximum Gasteiger partial charge on any atom is 0.355 e. The van der Waals surface area contributed by atoms with Gasteiger partial charge in [-0.25, -0.2) is 23.1 Å². The minimum absolute atomic E-state index is 0.0160. The quantitative estimate of drug-likeness (QED) is 0.262. The van der Waals surface area contributed by atoms with Crippen LogP contribution in [0.1, 0.15) is 12.5 Å². The summed E-state index contributed by atoms with van der Waals surface area (Å²) in [5, 5.41) is 0.203. The van der Waals surface area contributed by atoms with Gasteiger partial charge < -0.3 is 14.4 Å². The van der Waals surface area contributed by atoms with Gasteiger partial charge in [-0.2, -0.15) is 4.98 Å². The number of halogens is 2. The van der Waals surface area contributed by atoms with E-state index in [0.29, 0.717) is 25.2 Å². The topological polar surface area (TPSA) is 101 Å². The number of hydrogen-bond donors (Lipinski definition) is 0. The molecule has 5 rings (SSSR count). The number of pyridine rings is 2. The van der Waals surface area contributed by atoms with Crippen LogP contribution in [0.25, 0.3) is 28.0 Å². The van der Waals surface area contributed by atoms with Crippen molar-refractivity contribution in [1.29, 1.82) is 0 Å². The molecule has 3 aromatic heterocycles. The molecule has 1 atom stereocenters. The Kier molecular flexibility index (Phi) is 7.33. The molecule has 0 radical (unpaired) electrons. The van der Waals surface area contributed by atoms with Crippen molar-refractivity contribution in [2.24, 2.45) is 0 Å². The molecule has 1 aliphatic heterocycles. The van der Waals surface area contributed by atoms with Crippen molar-refractivity contribution in [2.75, 3.05) is 37.9 Å². The highest BCUT2D eigenvalue weighted by molar-refractivity contribution is 7.70. The van der Waals surface area contributed by atoms with Gasteiger partial charge in [-0.3, -0.25) is 9.78 Å². The highest BCUT2D eigenvalue weighted by atomic mass is 31.2. The van der Waals surface area contributed by atoms with E-state index in [1.807, 2.05) is 11.8 Å². The SMILES string of the molecule is C=CC(=O)N1CCN(c2nc(=O)n(-c3c(C)ccnc3P(C)(C)=O)c3nc(-c4ccccc4F)c(F)cc23)[C@@H](C)C1. The Balaban J connectivity index is 1.84. The minimum Gasteiger partial charge on any atom is -0.350 e. The highest BCUT2D eigenvalue weighted by Crippen LogP contribution is 2.38. The van der Waals surface area contributed by atoms with Crippen LogP contribution < -0.4 is 16.0 Å². The van der Waals surface area contributed by atoms with Gasteiger partial charge >= 0.3 is 5.69 Å². The number of carbonyl (C=O) groups is 1. The molecule has 9 nitrogen and oxygen atoms in total. The van der Waals surface area contributed by atoms with Gasteiger partial charge in [-0.1, -0.05) is 18.7 Å². The zero-order chi connectivity index (χ0) is 29.6. The summed E-state index contributed by atoms with van der Waals surface area (Å²) < 4.78 is 45.0. The summed E-state index contributed by atoms with van der Waals surface area (Å²) in [4.78, 5) is 42.8. The van der Waals surface area contributed by atoms with E-state index in [4.69, 9.17) is 0 Å². The summed E-state index contributed by atoms with van der Waals surface area (Å²) in [6.45, 7) is 11.2.